The molecule has 7 heteroatoms. The molecule has 0 saturated heterocycles. The lowest BCUT2D eigenvalue weighted by Crippen LogP contribution is -2.20. The van der Waals surface area contributed by atoms with Crippen molar-refractivity contribution in [2.24, 2.45) is 0 Å². The van der Waals surface area contributed by atoms with Gasteiger partial charge in [-0.2, -0.15) is 0 Å². The van der Waals surface area contributed by atoms with E-state index in [0.29, 0.717) is 11.4 Å². The second kappa shape index (κ2) is 10.9. The third kappa shape index (κ3) is 6.86. The fourth-order valence-electron chi connectivity index (χ4n) is 2.52. The Morgan fingerprint density at radius 3 is 2.00 bits per heavy atom. The van der Waals surface area contributed by atoms with Crippen LogP contribution in [-0.4, -0.2) is 31.3 Å². The van der Waals surface area contributed by atoms with Gasteiger partial charge in [0.25, 0.3) is 5.91 Å². The van der Waals surface area contributed by atoms with E-state index in [4.69, 9.17) is 9.47 Å². The number of thioether (sulfide) groups is 1. The summed E-state index contributed by atoms with van der Waals surface area (Å²) in [6.07, 6.45) is 0. The first-order valence-corrected chi connectivity index (χ1v) is 10.3. The van der Waals surface area contributed by atoms with Crippen LogP contribution >= 0.6 is 11.8 Å². The summed E-state index contributed by atoms with van der Waals surface area (Å²) in [4.78, 5) is 25.0. The highest BCUT2D eigenvalue weighted by molar-refractivity contribution is 8.00. The maximum absolute atomic E-state index is 12.1. The molecule has 0 atom stereocenters. The van der Waals surface area contributed by atoms with Gasteiger partial charge >= 0.3 is 0 Å². The Kier molecular flexibility index (Phi) is 7.74. The van der Waals surface area contributed by atoms with Gasteiger partial charge in [-0.1, -0.05) is 18.2 Å². The van der Waals surface area contributed by atoms with E-state index in [1.807, 2.05) is 30.3 Å². The number of hydrogen-bond donors (Lipinski definition) is 2. The zero-order chi connectivity index (χ0) is 21.2. The number of para-hydroxylation sites is 1. The number of carbonyl (C=O) groups is 2. The largest absolute Gasteiger partial charge is 0.497 e. The summed E-state index contributed by atoms with van der Waals surface area (Å²) in [7, 11) is 1.60. The van der Waals surface area contributed by atoms with Crippen LogP contribution in [-0.2, 0) is 9.59 Å². The highest BCUT2D eigenvalue weighted by atomic mass is 32.2. The summed E-state index contributed by atoms with van der Waals surface area (Å²) >= 11 is 1.42. The van der Waals surface area contributed by atoms with Crippen LogP contribution in [0.5, 0.6) is 11.5 Å². The van der Waals surface area contributed by atoms with E-state index in [-0.39, 0.29) is 24.2 Å². The van der Waals surface area contributed by atoms with Crippen molar-refractivity contribution in [2.45, 2.75) is 4.90 Å². The van der Waals surface area contributed by atoms with Crippen molar-refractivity contribution in [3.63, 3.8) is 0 Å². The Morgan fingerprint density at radius 2 is 1.37 bits per heavy atom. The minimum absolute atomic E-state index is 0.0634. The minimum atomic E-state index is -0.238. The maximum atomic E-state index is 12.1. The summed E-state index contributed by atoms with van der Waals surface area (Å²) in [5, 5.41) is 5.63. The number of hydrogen-bond acceptors (Lipinski definition) is 5. The van der Waals surface area contributed by atoms with Gasteiger partial charge in [-0.05, 0) is 60.7 Å². The first-order chi connectivity index (χ1) is 14.6. The predicted molar refractivity (Wildman–Crippen MR) is 119 cm³/mol. The molecule has 0 aromatic heterocycles. The number of carbonyl (C=O) groups excluding carboxylic acids is 2. The second-order valence-electron chi connectivity index (χ2n) is 6.24. The second-order valence-corrected chi connectivity index (χ2v) is 7.29. The average Bonchev–Trinajstić information content (AvgIpc) is 2.78. The van der Waals surface area contributed by atoms with Crippen molar-refractivity contribution in [3.8, 4) is 11.5 Å². The molecule has 3 rings (SSSR count). The molecule has 0 radical (unpaired) electrons. The molecule has 30 heavy (non-hydrogen) atoms. The number of benzene rings is 3. The number of amides is 2. The first-order valence-electron chi connectivity index (χ1n) is 9.27. The molecule has 2 N–H and O–H groups in total. The van der Waals surface area contributed by atoms with Crippen molar-refractivity contribution < 1.29 is 19.1 Å². The van der Waals surface area contributed by atoms with Crippen LogP contribution in [0.3, 0.4) is 0 Å². The summed E-state index contributed by atoms with van der Waals surface area (Å²) < 4.78 is 10.5. The molecule has 0 unspecified atom stereocenters. The van der Waals surface area contributed by atoms with Crippen LogP contribution in [0.2, 0.25) is 0 Å². The minimum Gasteiger partial charge on any atom is -0.497 e. The summed E-state index contributed by atoms with van der Waals surface area (Å²) in [5.41, 5.74) is 1.39. The van der Waals surface area contributed by atoms with Crippen molar-refractivity contribution in [1.82, 2.24) is 0 Å². The van der Waals surface area contributed by atoms with Gasteiger partial charge in [-0.3, -0.25) is 9.59 Å². The molecule has 0 fully saturated rings. The zero-order valence-electron chi connectivity index (χ0n) is 16.5. The highest BCUT2D eigenvalue weighted by Crippen LogP contribution is 2.21. The number of nitrogens with one attached hydrogen (secondary N) is 2. The molecule has 0 heterocycles. The molecule has 0 bridgehead atoms. The molecular weight excluding hydrogens is 400 g/mol. The number of rotatable bonds is 9. The van der Waals surface area contributed by atoms with E-state index in [1.54, 1.807) is 55.6 Å². The van der Waals surface area contributed by atoms with Gasteiger partial charge in [-0.15, -0.1) is 11.8 Å². The van der Waals surface area contributed by atoms with Crippen molar-refractivity contribution >= 4 is 35.0 Å². The monoisotopic (exact) mass is 422 g/mol. The Hall–Kier alpha value is -3.45. The zero-order valence-corrected chi connectivity index (χ0v) is 17.3. The Morgan fingerprint density at radius 1 is 0.767 bits per heavy atom. The molecule has 0 aliphatic heterocycles. The van der Waals surface area contributed by atoms with Crippen LogP contribution in [0, 0.1) is 0 Å². The van der Waals surface area contributed by atoms with E-state index in [1.165, 1.54) is 11.8 Å². The summed E-state index contributed by atoms with van der Waals surface area (Å²) in [6, 6.07) is 23.7. The molecule has 6 nitrogen and oxygen atoms in total. The lowest BCUT2D eigenvalue weighted by Gasteiger charge is -2.09. The van der Waals surface area contributed by atoms with E-state index < -0.39 is 0 Å². The quantitative estimate of drug-likeness (QED) is 0.499. The topological polar surface area (TPSA) is 76.7 Å². The highest BCUT2D eigenvalue weighted by Gasteiger charge is 2.06. The smallest absolute Gasteiger partial charge is 0.262 e. The summed E-state index contributed by atoms with van der Waals surface area (Å²) in [5.74, 6) is 1.33. The van der Waals surface area contributed by atoms with Crippen molar-refractivity contribution in [3.05, 3.63) is 78.9 Å². The van der Waals surface area contributed by atoms with Crippen LogP contribution in [0.4, 0.5) is 11.4 Å². The van der Waals surface area contributed by atoms with Crippen LogP contribution in [0.25, 0.3) is 0 Å². The normalized spacial score (nSPS) is 10.2. The summed E-state index contributed by atoms with van der Waals surface area (Å²) in [6.45, 7) is -0.0634. The number of anilines is 2. The molecule has 3 aromatic rings. The van der Waals surface area contributed by atoms with E-state index in [2.05, 4.69) is 10.6 Å². The molecular formula is C23H22N2O4S. The molecule has 0 aliphatic carbocycles. The number of methoxy groups -OCH3 is 1. The maximum Gasteiger partial charge on any atom is 0.262 e. The Balaban J connectivity index is 1.41. The Labute approximate surface area is 179 Å². The molecule has 0 saturated carbocycles. The van der Waals surface area contributed by atoms with Gasteiger partial charge < -0.3 is 20.1 Å². The van der Waals surface area contributed by atoms with Crippen molar-refractivity contribution in [2.75, 3.05) is 30.1 Å². The van der Waals surface area contributed by atoms with Crippen molar-refractivity contribution in [1.29, 1.82) is 0 Å². The fraction of sp³-hybridized carbons (Fsp3) is 0.130. The van der Waals surface area contributed by atoms with Gasteiger partial charge in [-0.25, -0.2) is 0 Å². The van der Waals surface area contributed by atoms with E-state index in [0.717, 1.165) is 16.3 Å². The van der Waals surface area contributed by atoms with E-state index >= 15 is 0 Å². The third-order valence-electron chi connectivity index (χ3n) is 3.99. The molecule has 3 aromatic carbocycles. The van der Waals surface area contributed by atoms with Gasteiger partial charge in [0.05, 0.1) is 12.9 Å². The van der Waals surface area contributed by atoms with Gasteiger partial charge in [0, 0.05) is 16.3 Å². The van der Waals surface area contributed by atoms with Gasteiger partial charge in [0.2, 0.25) is 5.91 Å². The standard InChI is InChI=1S/C23H22N2O4S/c1-28-19-11-7-17(8-12-19)25-23(27)16-30-21-13-9-18(10-14-21)24-22(26)15-29-20-5-3-2-4-6-20/h2-14H,15-16H2,1H3,(H,24,26)(H,25,27). The molecule has 0 spiro atoms. The number of ether oxygens (including phenoxy) is 2. The molecule has 0 aliphatic rings. The molecule has 2 amide bonds. The van der Waals surface area contributed by atoms with Crippen LogP contribution < -0.4 is 20.1 Å². The van der Waals surface area contributed by atoms with Crippen LogP contribution in [0.1, 0.15) is 0 Å². The van der Waals surface area contributed by atoms with Crippen LogP contribution in [0.15, 0.2) is 83.8 Å². The van der Waals surface area contributed by atoms with E-state index in [9.17, 15) is 9.59 Å². The van der Waals surface area contributed by atoms with Gasteiger partial charge in [0.15, 0.2) is 6.61 Å². The lowest BCUT2D eigenvalue weighted by molar-refractivity contribution is -0.118. The predicted octanol–water partition coefficient (Wildman–Crippen LogP) is 4.44. The SMILES string of the molecule is COc1ccc(NC(=O)CSc2ccc(NC(=O)COc3ccccc3)cc2)cc1. The average molecular weight is 423 g/mol. The fourth-order valence-corrected chi connectivity index (χ4v) is 3.22. The first kappa shape index (κ1) is 21.3. The third-order valence-corrected chi connectivity index (χ3v) is 5.01. The molecule has 154 valence electrons. The van der Waals surface area contributed by atoms with Gasteiger partial charge in [0.1, 0.15) is 11.5 Å². The lowest BCUT2D eigenvalue weighted by atomic mass is 10.3. The Bertz CT molecular complexity index is 961.